The molecule has 1 N–H and O–H groups in total. The van der Waals surface area contributed by atoms with Gasteiger partial charge in [0, 0.05) is 41.4 Å². The van der Waals surface area contributed by atoms with Gasteiger partial charge in [-0.05, 0) is 61.3 Å². The average molecular weight is 503 g/mol. The van der Waals surface area contributed by atoms with Crippen molar-refractivity contribution in [3.8, 4) is 5.75 Å². The number of rotatable bonds is 6. The minimum absolute atomic E-state index is 0.0306. The van der Waals surface area contributed by atoms with Crippen molar-refractivity contribution in [2.24, 2.45) is 5.92 Å². The lowest BCUT2D eigenvalue weighted by Gasteiger charge is -2.40. The summed E-state index contributed by atoms with van der Waals surface area (Å²) in [5.74, 6) is -1.17. The molecule has 0 amide bonds. The van der Waals surface area contributed by atoms with Crippen LogP contribution in [0.2, 0.25) is 0 Å². The number of nitrogens with one attached hydrogen (secondary N) is 1. The fourth-order valence-corrected chi connectivity index (χ4v) is 5.85. The first-order valence-corrected chi connectivity index (χ1v) is 12.7. The van der Waals surface area contributed by atoms with Gasteiger partial charge in [0.2, 0.25) is 0 Å². The summed E-state index contributed by atoms with van der Waals surface area (Å²) in [4.78, 5) is 37.9. The predicted octanol–water partition coefficient (Wildman–Crippen LogP) is 5.31. The van der Waals surface area contributed by atoms with Crippen LogP contribution >= 0.6 is 0 Å². The van der Waals surface area contributed by atoms with E-state index in [9.17, 15) is 19.7 Å². The van der Waals surface area contributed by atoms with Crippen molar-refractivity contribution in [2.75, 3.05) is 7.11 Å². The Labute approximate surface area is 215 Å². The number of ketones is 1. The van der Waals surface area contributed by atoms with E-state index in [2.05, 4.69) is 11.9 Å². The molecule has 1 aliphatic heterocycles. The van der Waals surface area contributed by atoms with Crippen molar-refractivity contribution in [3.05, 3.63) is 93.3 Å². The number of nitrogens with zero attached hydrogens (tertiary/aromatic N) is 1. The molecule has 8 heteroatoms. The highest BCUT2D eigenvalue weighted by Gasteiger charge is 2.46. The van der Waals surface area contributed by atoms with E-state index in [-0.39, 0.29) is 23.5 Å². The van der Waals surface area contributed by atoms with Crippen LogP contribution in [0.5, 0.6) is 5.75 Å². The number of benzene rings is 2. The lowest BCUT2D eigenvalue weighted by molar-refractivity contribution is -0.384. The molecule has 192 valence electrons. The Morgan fingerprint density at radius 1 is 1.03 bits per heavy atom. The van der Waals surface area contributed by atoms with Crippen molar-refractivity contribution in [1.29, 1.82) is 0 Å². The third-order valence-electron chi connectivity index (χ3n) is 7.73. The van der Waals surface area contributed by atoms with Crippen LogP contribution in [0.4, 0.5) is 5.69 Å². The zero-order valence-electron chi connectivity index (χ0n) is 20.8. The van der Waals surface area contributed by atoms with E-state index in [0.29, 0.717) is 29.7 Å². The molecule has 0 radical (unpaired) electrons. The zero-order valence-corrected chi connectivity index (χ0v) is 20.8. The molecule has 2 aliphatic carbocycles. The normalized spacial score (nSPS) is 23.9. The van der Waals surface area contributed by atoms with E-state index < -0.39 is 22.7 Å². The molecular formula is C29H30N2O6. The molecule has 2 aromatic rings. The van der Waals surface area contributed by atoms with Gasteiger partial charge in [-0.25, -0.2) is 0 Å². The summed E-state index contributed by atoms with van der Waals surface area (Å²) in [6.45, 7) is 4.17. The number of methoxy groups -OCH3 is 1. The molecule has 3 unspecified atom stereocenters. The van der Waals surface area contributed by atoms with Crippen LogP contribution in [0.1, 0.15) is 61.5 Å². The Bertz CT molecular complexity index is 1260. The number of carbonyl (C=O) groups is 2. The monoisotopic (exact) mass is 502 g/mol. The highest BCUT2D eigenvalue weighted by molar-refractivity contribution is 6.01. The number of carbonyl (C=O) groups excluding carboxylic acids is 2. The zero-order chi connectivity index (χ0) is 26.1. The maximum Gasteiger partial charge on any atom is 0.316 e. The summed E-state index contributed by atoms with van der Waals surface area (Å²) in [5, 5.41) is 14.5. The molecule has 1 saturated carbocycles. The number of ether oxygens (including phenoxy) is 2. The van der Waals surface area contributed by atoms with Crippen molar-refractivity contribution >= 4 is 17.4 Å². The fraction of sp³-hybridized carbons (Fsp3) is 0.379. The van der Waals surface area contributed by atoms with E-state index in [4.69, 9.17) is 9.47 Å². The molecule has 8 nitrogen and oxygen atoms in total. The molecule has 0 saturated heterocycles. The summed E-state index contributed by atoms with van der Waals surface area (Å²) < 4.78 is 11.1. The third-order valence-corrected chi connectivity index (χ3v) is 7.73. The lowest BCUT2D eigenvalue weighted by atomic mass is 9.69. The van der Waals surface area contributed by atoms with Gasteiger partial charge in [0.15, 0.2) is 5.78 Å². The Balaban J connectivity index is 1.52. The second-order valence-corrected chi connectivity index (χ2v) is 9.99. The number of allylic oxidation sites excluding steroid dienone is 2. The van der Waals surface area contributed by atoms with Gasteiger partial charge in [-0.15, -0.1) is 0 Å². The SMILES string of the molecule is C=C1NC2=C(C(=O)CC(c3ccc(OC)cc3)C2)C(c2ccc([N+](=O)[O-])cc2)C1C(=O)OC1CCCC1. The predicted molar refractivity (Wildman–Crippen MR) is 137 cm³/mol. The highest BCUT2D eigenvalue weighted by Crippen LogP contribution is 2.47. The molecule has 2 aromatic carbocycles. The highest BCUT2D eigenvalue weighted by atomic mass is 16.6. The molecule has 37 heavy (non-hydrogen) atoms. The maximum absolute atomic E-state index is 13.7. The van der Waals surface area contributed by atoms with Crippen LogP contribution < -0.4 is 10.1 Å². The molecule has 3 aliphatic rings. The summed E-state index contributed by atoms with van der Waals surface area (Å²) in [7, 11) is 1.61. The van der Waals surface area contributed by atoms with Crippen LogP contribution in [-0.4, -0.2) is 29.9 Å². The minimum atomic E-state index is -0.803. The molecule has 1 heterocycles. The van der Waals surface area contributed by atoms with E-state index in [1.807, 2.05) is 24.3 Å². The van der Waals surface area contributed by atoms with E-state index >= 15 is 0 Å². The maximum atomic E-state index is 13.7. The molecule has 0 bridgehead atoms. The second-order valence-electron chi connectivity index (χ2n) is 9.99. The van der Waals surface area contributed by atoms with Gasteiger partial charge in [0.05, 0.1) is 12.0 Å². The first-order chi connectivity index (χ1) is 17.9. The number of nitro benzene ring substituents is 1. The van der Waals surface area contributed by atoms with Crippen LogP contribution in [0.25, 0.3) is 0 Å². The topological polar surface area (TPSA) is 108 Å². The van der Waals surface area contributed by atoms with Crippen LogP contribution in [-0.2, 0) is 14.3 Å². The van der Waals surface area contributed by atoms with Crippen LogP contribution in [0.3, 0.4) is 0 Å². The summed E-state index contributed by atoms with van der Waals surface area (Å²) in [5.41, 5.74) is 3.40. The van der Waals surface area contributed by atoms with Crippen molar-refractivity contribution < 1.29 is 24.0 Å². The Morgan fingerprint density at radius 3 is 2.30 bits per heavy atom. The number of esters is 1. The molecule has 1 fully saturated rings. The first kappa shape index (κ1) is 24.7. The van der Waals surface area contributed by atoms with Crippen molar-refractivity contribution in [1.82, 2.24) is 5.32 Å². The minimum Gasteiger partial charge on any atom is -0.497 e. The summed E-state index contributed by atoms with van der Waals surface area (Å²) >= 11 is 0. The van der Waals surface area contributed by atoms with Gasteiger partial charge in [-0.3, -0.25) is 19.7 Å². The molecule has 0 aromatic heterocycles. The fourth-order valence-electron chi connectivity index (χ4n) is 5.85. The van der Waals surface area contributed by atoms with Gasteiger partial charge in [0.1, 0.15) is 17.8 Å². The van der Waals surface area contributed by atoms with Gasteiger partial charge < -0.3 is 14.8 Å². The first-order valence-electron chi connectivity index (χ1n) is 12.7. The second kappa shape index (κ2) is 10.2. The largest absolute Gasteiger partial charge is 0.497 e. The molecule has 3 atom stereocenters. The quantitative estimate of drug-likeness (QED) is 0.324. The summed E-state index contributed by atoms with van der Waals surface area (Å²) in [6, 6.07) is 13.8. The Hall–Kier alpha value is -3.94. The lowest BCUT2D eigenvalue weighted by Crippen LogP contribution is -2.42. The summed E-state index contributed by atoms with van der Waals surface area (Å²) in [6.07, 6.45) is 4.46. The van der Waals surface area contributed by atoms with Crippen LogP contribution in [0.15, 0.2) is 72.1 Å². The van der Waals surface area contributed by atoms with E-state index in [0.717, 1.165) is 42.7 Å². The number of nitro groups is 1. The van der Waals surface area contributed by atoms with Gasteiger partial charge in [-0.1, -0.05) is 30.8 Å². The smallest absolute Gasteiger partial charge is 0.316 e. The average Bonchev–Trinajstić information content (AvgIpc) is 3.40. The Morgan fingerprint density at radius 2 is 1.68 bits per heavy atom. The number of non-ortho nitro benzene ring substituents is 1. The third kappa shape index (κ3) is 4.88. The molecule has 5 rings (SSSR count). The number of Topliss-reactive ketones (excluding diaryl/α,β-unsaturated/α-hetero) is 1. The van der Waals surface area contributed by atoms with Crippen LogP contribution in [0, 0.1) is 16.0 Å². The van der Waals surface area contributed by atoms with Gasteiger partial charge in [0.25, 0.3) is 5.69 Å². The molecular weight excluding hydrogens is 472 g/mol. The van der Waals surface area contributed by atoms with Crippen molar-refractivity contribution in [3.63, 3.8) is 0 Å². The van der Waals surface area contributed by atoms with E-state index in [1.165, 1.54) is 12.1 Å². The van der Waals surface area contributed by atoms with E-state index in [1.54, 1.807) is 19.2 Å². The van der Waals surface area contributed by atoms with Gasteiger partial charge in [-0.2, -0.15) is 0 Å². The number of hydrogen-bond acceptors (Lipinski definition) is 7. The number of hydrogen-bond donors (Lipinski definition) is 1. The Kier molecular flexibility index (Phi) is 6.82. The standard InChI is InChI=1S/C29H30N2O6/c1-17-26(29(33)37-23-5-3-4-6-23)27(19-7-11-21(12-8-19)31(34)35)28-24(30-17)15-20(16-25(28)32)18-9-13-22(36-2)14-10-18/h7-14,20,23,26-27,30H,1,3-6,15-16H2,2H3. The van der Waals surface area contributed by atoms with Gasteiger partial charge >= 0.3 is 5.97 Å². The molecule has 0 spiro atoms. The van der Waals surface area contributed by atoms with Crippen molar-refractivity contribution in [2.45, 2.75) is 56.5 Å².